The van der Waals surface area contributed by atoms with Crippen LogP contribution in [0.3, 0.4) is 0 Å². The van der Waals surface area contributed by atoms with Crippen molar-refractivity contribution in [1.82, 2.24) is 25.7 Å². The molecule has 3 heterocycles. The standard InChI is InChI=1S/C26H33FN6O3/c1-5-19-18(13-36-33-19)25(34)30-23(16-9-7-14(3)8-10-16)26(35)29-21-12-11-17(24(27)28-21)22-15(4)31-32-20(22)6-2/h11-14,16,23H,5-10H2,1-4H3,(H,30,34)(H,31,32)(H,28,29,35)/t14?,16?,23-/m0/s1. The van der Waals surface area contributed by atoms with Crippen LogP contribution in [-0.4, -0.2) is 38.2 Å². The van der Waals surface area contributed by atoms with Crippen LogP contribution in [0, 0.1) is 24.7 Å². The van der Waals surface area contributed by atoms with Crippen molar-refractivity contribution in [2.75, 3.05) is 5.32 Å². The van der Waals surface area contributed by atoms with Gasteiger partial charge in [-0.3, -0.25) is 14.7 Å². The molecule has 3 N–H and O–H groups in total. The lowest BCUT2D eigenvalue weighted by Gasteiger charge is -2.32. The van der Waals surface area contributed by atoms with E-state index in [0.29, 0.717) is 46.8 Å². The van der Waals surface area contributed by atoms with Gasteiger partial charge in [0.1, 0.15) is 23.7 Å². The zero-order valence-corrected chi connectivity index (χ0v) is 21.2. The van der Waals surface area contributed by atoms with Gasteiger partial charge in [-0.05, 0) is 56.6 Å². The molecule has 2 amide bonds. The number of hydrogen-bond donors (Lipinski definition) is 3. The minimum atomic E-state index is -0.794. The van der Waals surface area contributed by atoms with E-state index >= 15 is 4.39 Å². The second kappa shape index (κ2) is 11.0. The summed E-state index contributed by atoms with van der Waals surface area (Å²) in [5.41, 5.74) is 3.35. The van der Waals surface area contributed by atoms with Gasteiger partial charge in [0.15, 0.2) is 0 Å². The summed E-state index contributed by atoms with van der Waals surface area (Å²) in [5, 5.41) is 16.6. The summed E-state index contributed by atoms with van der Waals surface area (Å²) in [5.74, 6) is -0.915. The van der Waals surface area contributed by atoms with Gasteiger partial charge in [0, 0.05) is 16.8 Å². The minimum Gasteiger partial charge on any atom is -0.364 e. The van der Waals surface area contributed by atoms with E-state index in [9.17, 15) is 9.59 Å². The number of halogens is 1. The predicted molar refractivity (Wildman–Crippen MR) is 133 cm³/mol. The van der Waals surface area contributed by atoms with Crippen molar-refractivity contribution >= 4 is 17.6 Å². The number of aromatic nitrogens is 4. The largest absolute Gasteiger partial charge is 0.364 e. The Morgan fingerprint density at radius 3 is 2.61 bits per heavy atom. The fraction of sp³-hybridized carbons (Fsp3) is 0.500. The first-order valence-electron chi connectivity index (χ1n) is 12.6. The third-order valence-electron chi connectivity index (χ3n) is 7.07. The molecule has 3 aromatic heterocycles. The molecule has 0 unspecified atom stereocenters. The van der Waals surface area contributed by atoms with Gasteiger partial charge < -0.3 is 15.2 Å². The number of carbonyl (C=O) groups is 2. The van der Waals surface area contributed by atoms with Crippen molar-refractivity contribution < 1.29 is 18.5 Å². The molecule has 1 atom stereocenters. The molecule has 0 aliphatic heterocycles. The number of rotatable bonds is 8. The molecular formula is C26H33FN6O3. The molecule has 0 spiro atoms. The zero-order chi connectivity index (χ0) is 25.8. The van der Waals surface area contributed by atoms with Gasteiger partial charge in [-0.2, -0.15) is 9.49 Å². The Morgan fingerprint density at radius 2 is 1.94 bits per heavy atom. The summed E-state index contributed by atoms with van der Waals surface area (Å²) < 4.78 is 20.0. The molecule has 3 aromatic rings. The van der Waals surface area contributed by atoms with Crippen molar-refractivity contribution in [3.8, 4) is 11.1 Å². The van der Waals surface area contributed by atoms with E-state index in [1.54, 1.807) is 19.1 Å². The highest BCUT2D eigenvalue weighted by molar-refractivity contribution is 6.01. The lowest BCUT2D eigenvalue weighted by atomic mass is 9.79. The SMILES string of the molecule is CCc1nocc1C(=O)N[C@H](C(=O)Nc1ccc(-c2c(C)n[nH]c2CC)c(F)n1)C1CCC(C)CC1. The number of carbonyl (C=O) groups excluding carboxylic acids is 2. The van der Waals surface area contributed by atoms with Gasteiger partial charge in [-0.1, -0.05) is 38.8 Å². The van der Waals surface area contributed by atoms with Crippen LogP contribution >= 0.6 is 0 Å². The van der Waals surface area contributed by atoms with Crippen LogP contribution in [0.5, 0.6) is 0 Å². The Kier molecular flexibility index (Phi) is 7.81. The Labute approximate surface area is 209 Å². The number of aryl methyl sites for hydroxylation is 3. The molecule has 1 aliphatic carbocycles. The molecule has 0 aromatic carbocycles. The minimum absolute atomic E-state index is 0.0418. The third kappa shape index (κ3) is 5.32. The van der Waals surface area contributed by atoms with Gasteiger partial charge in [0.2, 0.25) is 11.9 Å². The summed E-state index contributed by atoms with van der Waals surface area (Å²) >= 11 is 0. The molecule has 0 bridgehead atoms. The lowest BCUT2D eigenvalue weighted by Crippen LogP contribution is -2.49. The van der Waals surface area contributed by atoms with Gasteiger partial charge in [0.05, 0.1) is 11.4 Å². The van der Waals surface area contributed by atoms with E-state index in [1.807, 2.05) is 13.8 Å². The molecule has 0 radical (unpaired) electrons. The molecule has 4 rings (SSSR count). The number of amides is 2. The van der Waals surface area contributed by atoms with E-state index in [-0.39, 0.29) is 11.7 Å². The molecular weight excluding hydrogens is 463 g/mol. The average molecular weight is 497 g/mol. The Balaban J connectivity index is 1.55. The number of anilines is 1. The predicted octanol–water partition coefficient (Wildman–Crippen LogP) is 4.60. The number of pyridine rings is 1. The first-order valence-corrected chi connectivity index (χ1v) is 12.6. The second-order valence-electron chi connectivity index (χ2n) is 9.54. The summed E-state index contributed by atoms with van der Waals surface area (Å²) in [7, 11) is 0. The Bertz CT molecular complexity index is 1230. The highest BCUT2D eigenvalue weighted by Gasteiger charge is 2.34. The average Bonchev–Trinajstić information content (AvgIpc) is 3.49. The molecule has 1 fully saturated rings. The second-order valence-corrected chi connectivity index (χ2v) is 9.54. The van der Waals surface area contributed by atoms with Gasteiger partial charge in [-0.25, -0.2) is 4.98 Å². The monoisotopic (exact) mass is 496 g/mol. The van der Waals surface area contributed by atoms with E-state index < -0.39 is 23.8 Å². The van der Waals surface area contributed by atoms with Crippen molar-refractivity contribution in [2.45, 2.75) is 72.3 Å². The van der Waals surface area contributed by atoms with E-state index in [1.165, 1.54) is 6.26 Å². The van der Waals surface area contributed by atoms with E-state index in [4.69, 9.17) is 4.52 Å². The van der Waals surface area contributed by atoms with Crippen molar-refractivity contribution in [3.05, 3.63) is 47.0 Å². The normalized spacial score (nSPS) is 18.6. The highest BCUT2D eigenvalue weighted by Crippen LogP contribution is 2.32. The highest BCUT2D eigenvalue weighted by atomic mass is 19.1. The van der Waals surface area contributed by atoms with Gasteiger partial charge >= 0.3 is 0 Å². The van der Waals surface area contributed by atoms with Crippen LogP contribution in [-0.2, 0) is 17.6 Å². The maximum atomic E-state index is 15.0. The fourth-order valence-electron chi connectivity index (χ4n) is 4.92. The topological polar surface area (TPSA) is 126 Å². The van der Waals surface area contributed by atoms with Crippen LogP contribution in [0.1, 0.15) is 73.9 Å². The third-order valence-corrected chi connectivity index (χ3v) is 7.07. The van der Waals surface area contributed by atoms with Crippen molar-refractivity contribution in [1.29, 1.82) is 0 Å². The molecule has 1 saturated carbocycles. The molecule has 192 valence electrons. The van der Waals surface area contributed by atoms with Crippen LogP contribution in [0.4, 0.5) is 10.2 Å². The quantitative estimate of drug-likeness (QED) is 0.392. The summed E-state index contributed by atoms with van der Waals surface area (Å²) in [6, 6.07) is 2.37. The van der Waals surface area contributed by atoms with Crippen molar-refractivity contribution in [3.63, 3.8) is 0 Å². The smallest absolute Gasteiger partial charge is 0.257 e. The maximum Gasteiger partial charge on any atom is 0.257 e. The molecule has 9 nitrogen and oxygen atoms in total. The lowest BCUT2D eigenvalue weighted by molar-refractivity contribution is -0.119. The summed E-state index contributed by atoms with van der Waals surface area (Å²) in [6.07, 6.45) is 6.06. The van der Waals surface area contributed by atoms with Crippen LogP contribution in [0.25, 0.3) is 11.1 Å². The number of aromatic amines is 1. The fourth-order valence-corrected chi connectivity index (χ4v) is 4.92. The number of H-pyrrole nitrogens is 1. The Hall–Kier alpha value is -3.56. The first kappa shape index (κ1) is 25.5. The number of hydrogen-bond acceptors (Lipinski definition) is 6. The van der Waals surface area contributed by atoms with Crippen molar-refractivity contribution in [2.24, 2.45) is 11.8 Å². The van der Waals surface area contributed by atoms with Crippen LogP contribution in [0.15, 0.2) is 22.9 Å². The van der Waals surface area contributed by atoms with E-state index in [0.717, 1.165) is 31.4 Å². The van der Waals surface area contributed by atoms with Gasteiger partial charge in [0.25, 0.3) is 5.91 Å². The molecule has 0 saturated heterocycles. The van der Waals surface area contributed by atoms with Gasteiger partial charge in [-0.15, -0.1) is 0 Å². The molecule has 10 heteroatoms. The molecule has 36 heavy (non-hydrogen) atoms. The molecule has 1 aliphatic rings. The van der Waals surface area contributed by atoms with Crippen LogP contribution < -0.4 is 10.6 Å². The summed E-state index contributed by atoms with van der Waals surface area (Å²) in [4.78, 5) is 30.4. The van der Waals surface area contributed by atoms with E-state index in [2.05, 4.69) is 37.9 Å². The van der Waals surface area contributed by atoms with Crippen LogP contribution in [0.2, 0.25) is 0 Å². The maximum absolute atomic E-state index is 15.0. The number of nitrogens with zero attached hydrogens (tertiary/aromatic N) is 3. The Morgan fingerprint density at radius 1 is 1.19 bits per heavy atom. The summed E-state index contributed by atoms with van der Waals surface area (Å²) in [6.45, 7) is 7.83. The zero-order valence-electron chi connectivity index (χ0n) is 21.2. The first-order chi connectivity index (χ1) is 17.3. The number of nitrogens with one attached hydrogen (secondary N) is 3.